The molecule has 2 nitrogen and oxygen atoms in total. The highest BCUT2D eigenvalue weighted by molar-refractivity contribution is 5.97. The summed E-state index contributed by atoms with van der Waals surface area (Å²) in [5, 5.41) is 0. The zero-order chi connectivity index (χ0) is 9.68. The number of hydrogen-bond acceptors (Lipinski definition) is 2. The molecule has 70 valence electrons. The van der Waals surface area contributed by atoms with Crippen LogP contribution in [0.1, 0.15) is 25.8 Å². The van der Waals surface area contributed by atoms with Crippen LogP contribution in [0.15, 0.2) is 40.2 Å². The van der Waals surface area contributed by atoms with Crippen molar-refractivity contribution in [3.8, 4) is 0 Å². The normalized spacial score (nSPS) is 11.7. The van der Waals surface area contributed by atoms with Crippen LogP contribution in [0, 0.1) is 0 Å². The van der Waals surface area contributed by atoms with Crippen LogP contribution in [0.5, 0.6) is 0 Å². The van der Waals surface area contributed by atoms with Crippen molar-refractivity contribution in [3.63, 3.8) is 0 Å². The predicted molar refractivity (Wildman–Crippen MR) is 55.0 cm³/mol. The van der Waals surface area contributed by atoms with Crippen molar-refractivity contribution in [1.29, 1.82) is 0 Å². The third-order valence-electron chi connectivity index (χ3n) is 2.02. The zero-order valence-corrected chi connectivity index (χ0v) is 8.21. The van der Waals surface area contributed by atoms with E-state index in [1.807, 2.05) is 13.0 Å². The predicted octanol–water partition coefficient (Wildman–Crippen LogP) is 3.21. The van der Waals surface area contributed by atoms with Crippen molar-refractivity contribution in [2.45, 2.75) is 26.8 Å². The maximum atomic E-state index is 4.94. The molecule has 0 saturated heterocycles. The fraction of sp³-hybridized carbons (Fsp3) is 0.364. The van der Waals surface area contributed by atoms with Gasteiger partial charge < -0.3 is 4.42 Å². The number of hydrogen-bond donors (Lipinski definition) is 0. The molecule has 2 heteroatoms. The number of allylic oxidation sites excluding steroid dienone is 1. The van der Waals surface area contributed by atoms with Gasteiger partial charge in [0.1, 0.15) is 0 Å². The fourth-order valence-corrected chi connectivity index (χ4v) is 0.960. The van der Waals surface area contributed by atoms with E-state index in [1.165, 1.54) is 0 Å². The molecule has 13 heavy (non-hydrogen) atoms. The van der Waals surface area contributed by atoms with Gasteiger partial charge in [-0.15, -0.1) is 0 Å². The Balaban J connectivity index is 2.53. The van der Waals surface area contributed by atoms with Crippen molar-refractivity contribution >= 4 is 5.71 Å². The van der Waals surface area contributed by atoms with Crippen molar-refractivity contribution < 1.29 is 4.42 Å². The topological polar surface area (TPSA) is 25.5 Å². The Bertz CT molecular complexity index is 296. The summed E-state index contributed by atoms with van der Waals surface area (Å²) in [6.07, 6.45) is 4.33. The van der Waals surface area contributed by atoms with Crippen LogP contribution in [-0.2, 0) is 6.54 Å². The SMILES string of the molecule is C=C(CC)C(C)=NCc1ccoc1. The quantitative estimate of drug-likeness (QED) is 0.648. The Morgan fingerprint density at radius 3 is 2.92 bits per heavy atom. The highest BCUT2D eigenvalue weighted by Crippen LogP contribution is 2.05. The van der Waals surface area contributed by atoms with E-state index in [1.54, 1.807) is 12.5 Å². The van der Waals surface area contributed by atoms with Gasteiger partial charge in [0.05, 0.1) is 19.1 Å². The lowest BCUT2D eigenvalue weighted by Crippen LogP contribution is -1.95. The monoisotopic (exact) mass is 177 g/mol. The molecule has 1 aromatic rings. The van der Waals surface area contributed by atoms with E-state index >= 15 is 0 Å². The molecule has 0 aliphatic rings. The summed E-state index contributed by atoms with van der Waals surface area (Å²) >= 11 is 0. The number of furan rings is 1. The number of rotatable bonds is 4. The average Bonchev–Trinajstić information content (AvgIpc) is 2.65. The van der Waals surface area contributed by atoms with E-state index in [2.05, 4.69) is 18.5 Å². The van der Waals surface area contributed by atoms with Crippen LogP contribution < -0.4 is 0 Å². The van der Waals surface area contributed by atoms with Crippen molar-refractivity contribution in [1.82, 2.24) is 0 Å². The molecule has 0 atom stereocenters. The summed E-state index contributed by atoms with van der Waals surface area (Å²) in [5.41, 5.74) is 3.23. The molecule has 0 radical (unpaired) electrons. The zero-order valence-electron chi connectivity index (χ0n) is 8.21. The first-order chi connectivity index (χ1) is 6.24. The molecule has 0 bridgehead atoms. The van der Waals surface area contributed by atoms with Crippen LogP contribution >= 0.6 is 0 Å². The van der Waals surface area contributed by atoms with E-state index in [9.17, 15) is 0 Å². The summed E-state index contributed by atoms with van der Waals surface area (Å²) in [6.45, 7) is 8.68. The lowest BCUT2D eigenvalue weighted by Gasteiger charge is -2.00. The second-order valence-corrected chi connectivity index (χ2v) is 2.99. The number of aliphatic imine (C=N–C) groups is 1. The van der Waals surface area contributed by atoms with Gasteiger partial charge >= 0.3 is 0 Å². The Hall–Kier alpha value is -1.31. The minimum absolute atomic E-state index is 0.682. The molecular weight excluding hydrogens is 162 g/mol. The molecular formula is C11H15NO. The lowest BCUT2D eigenvalue weighted by molar-refractivity contribution is 0.564. The smallest absolute Gasteiger partial charge is 0.0953 e. The summed E-state index contributed by atoms with van der Waals surface area (Å²) < 4.78 is 4.94. The van der Waals surface area contributed by atoms with Gasteiger partial charge in [0, 0.05) is 11.3 Å². The maximum Gasteiger partial charge on any atom is 0.0953 e. The first-order valence-electron chi connectivity index (χ1n) is 4.44. The van der Waals surface area contributed by atoms with E-state index < -0.39 is 0 Å². The van der Waals surface area contributed by atoms with Crippen LogP contribution in [0.25, 0.3) is 0 Å². The highest BCUT2D eigenvalue weighted by Gasteiger charge is 1.96. The summed E-state index contributed by atoms with van der Waals surface area (Å²) in [7, 11) is 0. The molecule has 0 saturated carbocycles. The second kappa shape index (κ2) is 4.65. The molecule has 0 aliphatic heterocycles. The van der Waals surface area contributed by atoms with Gasteiger partial charge in [0.25, 0.3) is 0 Å². The summed E-state index contributed by atoms with van der Waals surface area (Å²) in [5.74, 6) is 0. The van der Waals surface area contributed by atoms with Crippen LogP contribution in [0.3, 0.4) is 0 Å². The highest BCUT2D eigenvalue weighted by atomic mass is 16.3. The van der Waals surface area contributed by atoms with Gasteiger partial charge in [-0.25, -0.2) is 0 Å². The second-order valence-electron chi connectivity index (χ2n) is 2.99. The van der Waals surface area contributed by atoms with Crippen LogP contribution in [0.4, 0.5) is 0 Å². The minimum Gasteiger partial charge on any atom is -0.472 e. The molecule has 0 spiro atoms. The van der Waals surface area contributed by atoms with Crippen molar-refractivity contribution in [3.05, 3.63) is 36.3 Å². The largest absolute Gasteiger partial charge is 0.472 e. The van der Waals surface area contributed by atoms with E-state index in [0.717, 1.165) is 23.3 Å². The first-order valence-corrected chi connectivity index (χ1v) is 4.44. The third-order valence-corrected chi connectivity index (χ3v) is 2.02. The average molecular weight is 177 g/mol. The molecule has 0 unspecified atom stereocenters. The molecule has 0 aromatic carbocycles. The molecule has 1 heterocycles. The van der Waals surface area contributed by atoms with Crippen LogP contribution in [-0.4, -0.2) is 5.71 Å². The molecule has 1 aromatic heterocycles. The van der Waals surface area contributed by atoms with Crippen molar-refractivity contribution in [2.75, 3.05) is 0 Å². The summed E-state index contributed by atoms with van der Waals surface area (Å²) in [6, 6.07) is 1.92. The Morgan fingerprint density at radius 1 is 1.62 bits per heavy atom. The fourth-order valence-electron chi connectivity index (χ4n) is 0.960. The van der Waals surface area contributed by atoms with Crippen LogP contribution in [0.2, 0.25) is 0 Å². The maximum absolute atomic E-state index is 4.94. The van der Waals surface area contributed by atoms with E-state index in [-0.39, 0.29) is 0 Å². The van der Waals surface area contributed by atoms with Gasteiger partial charge in [-0.05, 0) is 25.0 Å². The molecule has 0 aliphatic carbocycles. The van der Waals surface area contributed by atoms with Gasteiger partial charge in [0.15, 0.2) is 0 Å². The first kappa shape index (κ1) is 9.78. The Morgan fingerprint density at radius 2 is 2.38 bits per heavy atom. The third kappa shape index (κ3) is 2.90. The van der Waals surface area contributed by atoms with Crippen molar-refractivity contribution in [2.24, 2.45) is 4.99 Å². The Kier molecular flexibility index (Phi) is 3.50. The van der Waals surface area contributed by atoms with Gasteiger partial charge in [0.2, 0.25) is 0 Å². The lowest BCUT2D eigenvalue weighted by atomic mass is 10.1. The standard InChI is InChI=1S/C11H15NO/c1-4-9(2)10(3)12-7-11-5-6-13-8-11/h5-6,8H,2,4,7H2,1,3H3. The van der Waals surface area contributed by atoms with Gasteiger partial charge in [-0.1, -0.05) is 13.5 Å². The van der Waals surface area contributed by atoms with E-state index in [4.69, 9.17) is 4.42 Å². The molecule has 0 N–H and O–H groups in total. The van der Waals surface area contributed by atoms with Gasteiger partial charge in [-0.3, -0.25) is 4.99 Å². The summed E-state index contributed by atoms with van der Waals surface area (Å²) in [4.78, 5) is 4.39. The minimum atomic E-state index is 0.682. The van der Waals surface area contributed by atoms with Gasteiger partial charge in [-0.2, -0.15) is 0 Å². The van der Waals surface area contributed by atoms with E-state index in [0.29, 0.717) is 6.54 Å². The molecule has 0 fully saturated rings. The number of nitrogens with zero attached hydrogens (tertiary/aromatic N) is 1. The molecule has 1 rings (SSSR count). The Labute approximate surface area is 79.0 Å². The molecule has 0 amide bonds.